The molecule has 0 aromatic heterocycles. The van der Waals surface area contributed by atoms with E-state index in [1.54, 1.807) is 24.3 Å². The number of hydrogen-bond donors (Lipinski definition) is 0. The van der Waals surface area contributed by atoms with Gasteiger partial charge in [0.1, 0.15) is 0 Å². The van der Waals surface area contributed by atoms with Crippen LogP contribution in [-0.4, -0.2) is 5.91 Å². The third kappa shape index (κ3) is 4.15. The topological polar surface area (TPSA) is 44.1 Å². The summed E-state index contributed by atoms with van der Waals surface area (Å²) >= 11 is 12.1. The largest absolute Gasteiger partial charge is 0.305 e. The Labute approximate surface area is 180 Å². The van der Waals surface area contributed by atoms with Crippen LogP contribution in [0.15, 0.2) is 72.8 Å². The Bertz CT molecular complexity index is 1050. The SMILES string of the molecule is N#Cc1ccc(CC2CC(c3ccc(Cl)cc3)N(c3ccc(Cl)cc3)C2=O)cc1. The number of anilines is 1. The molecule has 0 N–H and O–H groups in total. The van der Waals surface area contributed by atoms with E-state index in [-0.39, 0.29) is 17.9 Å². The van der Waals surface area contributed by atoms with Crippen LogP contribution in [0.5, 0.6) is 0 Å². The van der Waals surface area contributed by atoms with Crippen LogP contribution < -0.4 is 4.90 Å². The summed E-state index contributed by atoms with van der Waals surface area (Å²) in [5.74, 6) is -0.0454. The van der Waals surface area contributed by atoms with Crippen LogP contribution in [0.2, 0.25) is 10.0 Å². The third-order valence-electron chi connectivity index (χ3n) is 5.33. The number of hydrogen-bond acceptors (Lipinski definition) is 2. The number of amides is 1. The van der Waals surface area contributed by atoms with E-state index < -0.39 is 0 Å². The zero-order chi connectivity index (χ0) is 20.4. The zero-order valence-electron chi connectivity index (χ0n) is 15.6. The van der Waals surface area contributed by atoms with Crippen LogP contribution in [0.1, 0.15) is 29.2 Å². The molecule has 3 nitrogen and oxygen atoms in total. The van der Waals surface area contributed by atoms with Gasteiger partial charge in [0.25, 0.3) is 0 Å². The van der Waals surface area contributed by atoms with Crippen molar-refractivity contribution in [3.05, 3.63) is 99.5 Å². The summed E-state index contributed by atoms with van der Waals surface area (Å²) in [4.78, 5) is 15.3. The van der Waals surface area contributed by atoms with Gasteiger partial charge in [0.05, 0.1) is 17.7 Å². The van der Waals surface area contributed by atoms with Crippen LogP contribution >= 0.6 is 23.2 Å². The Kier molecular flexibility index (Phi) is 5.58. The quantitative estimate of drug-likeness (QED) is 0.503. The standard InChI is InChI=1S/C24H18Cl2N2O/c25-20-7-5-18(6-8-20)23-14-19(13-16-1-3-17(15-27)4-2-16)24(29)28(23)22-11-9-21(26)10-12-22/h1-12,19,23H,13-14H2. The van der Waals surface area contributed by atoms with Gasteiger partial charge in [0.15, 0.2) is 0 Å². The molecule has 0 bridgehead atoms. The average Bonchev–Trinajstić information content (AvgIpc) is 3.06. The van der Waals surface area contributed by atoms with E-state index in [1.165, 1.54) is 0 Å². The highest BCUT2D eigenvalue weighted by molar-refractivity contribution is 6.30. The predicted octanol–water partition coefficient (Wildman–Crippen LogP) is 6.20. The number of carbonyl (C=O) groups excluding carboxylic acids is 1. The lowest BCUT2D eigenvalue weighted by Crippen LogP contribution is -2.29. The van der Waals surface area contributed by atoms with Crippen LogP contribution in [-0.2, 0) is 11.2 Å². The Morgan fingerprint density at radius 3 is 2.07 bits per heavy atom. The Morgan fingerprint density at radius 2 is 1.48 bits per heavy atom. The molecule has 0 saturated carbocycles. The summed E-state index contributed by atoms with van der Waals surface area (Å²) in [5.41, 5.74) is 3.56. The molecule has 0 radical (unpaired) electrons. The van der Waals surface area contributed by atoms with E-state index in [1.807, 2.05) is 53.4 Å². The van der Waals surface area contributed by atoms with Crippen molar-refractivity contribution >= 4 is 34.8 Å². The highest BCUT2D eigenvalue weighted by Crippen LogP contribution is 2.41. The minimum Gasteiger partial charge on any atom is -0.305 e. The molecule has 29 heavy (non-hydrogen) atoms. The van der Waals surface area contributed by atoms with Gasteiger partial charge < -0.3 is 4.90 Å². The molecule has 2 unspecified atom stereocenters. The molecule has 1 aliphatic rings. The molecule has 3 aromatic rings. The zero-order valence-corrected chi connectivity index (χ0v) is 17.1. The summed E-state index contributed by atoms with van der Waals surface area (Å²) in [6.45, 7) is 0. The number of nitriles is 1. The second-order valence-electron chi connectivity index (χ2n) is 7.20. The normalized spacial score (nSPS) is 18.7. The fraction of sp³-hybridized carbons (Fsp3) is 0.167. The first-order valence-electron chi connectivity index (χ1n) is 9.38. The number of nitrogens with zero attached hydrogens (tertiary/aromatic N) is 2. The summed E-state index contributed by atoms with van der Waals surface area (Å²) < 4.78 is 0. The molecule has 1 fully saturated rings. The van der Waals surface area contributed by atoms with Crippen molar-refractivity contribution < 1.29 is 4.79 Å². The maximum Gasteiger partial charge on any atom is 0.231 e. The van der Waals surface area contributed by atoms with Gasteiger partial charge in [0, 0.05) is 21.7 Å². The lowest BCUT2D eigenvalue weighted by Gasteiger charge is -2.25. The molecule has 0 aliphatic carbocycles. The second kappa shape index (κ2) is 8.29. The van der Waals surface area contributed by atoms with Crippen molar-refractivity contribution in [2.45, 2.75) is 18.9 Å². The Morgan fingerprint density at radius 1 is 0.897 bits per heavy atom. The summed E-state index contributed by atoms with van der Waals surface area (Å²) in [6, 6.07) is 24.5. The van der Waals surface area contributed by atoms with Crippen molar-refractivity contribution in [1.29, 1.82) is 5.26 Å². The van der Waals surface area contributed by atoms with E-state index >= 15 is 0 Å². The predicted molar refractivity (Wildman–Crippen MR) is 116 cm³/mol. The number of benzene rings is 3. The van der Waals surface area contributed by atoms with E-state index in [2.05, 4.69) is 6.07 Å². The first-order chi connectivity index (χ1) is 14.0. The van der Waals surface area contributed by atoms with Crippen molar-refractivity contribution in [3.8, 4) is 6.07 Å². The minimum absolute atomic E-state index is 0.0654. The fourth-order valence-corrected chi connectivity index (χ4v) is 4.13. The first-order valence-corrected chi connectivity index (χ1v) is 10.1. The summed E-state index contributed by atoms with van der Waals surface area (Å²) in [6.07, 6.45) is 1.35. The smallest absolute Gasteiger partial charge is 0.231 e. The Hall–Kier alpha value is -2.80. The van der Waals surface area contributed by atoms with Gasteiger partial charge in [-0.05, 0) is 72.5 Å². The van der Waals surface area contributed by atoms with Gasteiger partial charge in [-0.25, -0.2) is 0 Å². The van der Waals surface area contributed by atoms with E-state index in [0.29, 0.717) is 28.5 Å². The molecule has 3 aromatic carbocycles. The van der Waals surface area contributed by atoms with Gasteiger partial charge in [-0.2, -0.15) is 5.26 Å². The molecule has 144 valence electrons. The second-order valence-corrected chi connectivity index (χ2v) is 8.07. The van der Waals surface area contributed by atoms with Crippen LogP contribution in [0, 0.1) is 17.2 Å². The maximum atomic E-state index is 13.4. The van der Waals surface area contributed by atoms with Gasteiger partial charge in [-0.3, -0.25) is 4.79 Å². The number of rotatable bonds is 4. The lowest BCUT2D eigenvalue weighted by atomic mass is 9.93. The molecule has 1 heterocycles. The number of halogens is 2. The van der Waals surface area contributed by atoms with E-state index in [4.69, 9.17) is 28.5 Å². The van der Waals surface area contributed by atoms with Gasteiger partial charge in [0.2, 0.25) is 5.91 Å². The average molecular weight is 421 g/mol. The Balaban J connectivity index is 1.66. The highest BCUT2D eigenvalue weighted by Gasteiger charge is 2.40. The number of carbonyl (C=O) groups is 1. The molecule has 5 heteroatoms. The van der Waals surface area contributed by atoms with Crippen molar-refractivity contribution in [2.75, 3.05) is 4.90 Å². The minimum atomic E-state index is -0.140. The van der Waals surface area contributed by atoms with Crippen LogP contribution in [0.3, 0.4) is 0 Å². The molecule has 2 atom stereocenters. The van der Waals surface area contributed by atoms with E-state index in [0.717, 1.165) is 16.8 Å². The van der Waals surface area contributed by atoms with Crippen molar-refractivity contribution in [1.82, 2.24) is 0 Å². The molecular weight excluding hydrogens is 403 g/mol. The van der Waals surface area contributed by atoms with E-state index in [9.17, 15) is 4.79 Å². The van der Waals surface area contributed by atoms with Gasteiger partial charge in [-0.1, -0.05) is 47.5 Å². The van der Waals surface area contributed by atoms with Crippen LogP contribution in [0.4, 0.5) is 5.69 Å². The first kappa shape index (κ1) is 19.5. The lowest BCUT2D eigenvalue weighted by molar-refractivity contribution is -0.120. The molecule has 1 saturated heterocycles. The highest BCUT2D eigenvalue weighted by atomic mass is 35.5. The fourth-order valence-electron chi connectivity index (χ4n) is 3.88. The maximum absolute atomic E-state index is 13.4. The summed E-state index contributed by atoms with van der Waals surface area (Å²) in [7, 11) is 0. The molecular formula is C24H18Cl2N2O. The molecule has 1 aliphatic heterocycles. The third-order valence-corrected chi connectivity index (χ3v) is 5.83. The van der Waals surface area contributed by atoms with Crippen LogP contribution in [0.25, 0.3) is 0 Å². The van der Waals surface area contributed by atoms with Gasteiger partial charge in [-0.15, -0.1) is 0 Å². The molecule has 4 rings (SSSR count). The summed E-state index contributed by atoms with van der Waals surface area (Å²) in [5, 5.41) is 10.3. The van der Waals surface area contributed by atoms with Crippen molar-refractivity contribution in [2.24, 2.45) is 5.92 Å². The van der Waals surface area contributed by atoms with Gasteiger partial charge >= 0.3 is 0 Å². The van der Waals surface area contributed by atoms with Crippen molar-refractivity contribution in [3.63, 3.8) is 0 Å². The monoisotopic (exact) mass is 420 g/mol. The molecule has 0 spiro atoms. The molecule has 1 amide bonds.